The lowest BCUT2D eigenvalue weighted by atomic mass is 9.64. The molecule has 0 radical (unpaired) electrons. The molecule has 7 nitrogen and oxygen atoms in total. The number of ether oxygens (including phenoxy) is 1. The second kappa shape index (κ2) is 7.84. The summed E-state index contributed by atoms with van der Waals surface area (Å²) in [6, 6.07) is 7.23. The minimum Gasteiger partial charge on any atom is -0.497 e. The summed E-state index contributed by atoms with van der Waals surface area (Å²) in [6.07, 6.45) is 4.00. The van der Waals surface area contributed by atoms with Gasteiger partial charge in [0.2, 0.25) is 5.91 Å². The second-order valence-electron chi connectivity index (χ2n) is 10.3. The van der Waals surface area contributed by atoms with Gasteiger partial charge in [-0.2, -0.15) is 0 Å². The molecule has 31 heavy (non-hydrogen) atoms. The van der Waals surface area contributed by atoms with Gasteiger partial charge in [-0.3, -0.25) is 14.5 Å². The Morgan fingerprint density at radius 3 is 2.74 bits per heavy atom. The summed E-state index contributed by atoms with van der Waals surface area (Å²) in [4.78, 5) is 42.3. The molecular formula is C24H33N3O4. The molecule has 1 aromatic carbocycles. The molecule has 1 N–H and O–H groups in total. The van der Waals surface area contributed by atoms with Crippen LogP contribution in [0.1, 0.15) is 64.5 Å². The largest absolute Gasteiger partial charge is 0.497 e. The molecule has 1 aromatic rings. The van der Waals surface area contributed by atoms with Crippen molar-refractivity contribution in [1.29, 1.82) is 0 Å². The van der Waals surface area contributed by atoms with Crippen LogP contribution in [0.3, 0.4) is 0 Å². The molecule has 3 aliphatic rings. The lowest BCUT2D eigenvalue weighted by Gasteiger charge is -2.43. The van der Waals surface area contributed by atoms with Crippen molar-refractivity contribution in [2.24, 2.45) is 11.3 Å². The van der Waals surface area contributed by atoms with Crippen molar-refractivity contribution in [2.75, 3.05) is 20.2 Å². The van der Waals surface area contributed by atoms with Gasteiger partial charge in [0.15, 0.2) is 0 Å². The Labute approximate surface area is 184 Å². The Bertz CT molecular complexity index is 899. The minimum absolute atomic E-state index is 0.0347. The first-order valence-electron chi connectivity index (χ1n) is 11.2. The number of carbonyl (C=O) groups excluding carboxylic acids is 3. The molecule has 1 spiro atoms. The van der Waals surface area contributed by atoms with E-state index >= 15 is 0 Å². The molecule has 2 saturated heterocycles. The van der Waals surface area contributed by atoms with Crippen LogP contribution >= 0.6 is 0 Å². The lowest BCUT2D eigenvalue weighted by Crippen LogP contribution is -2.54. The Balaban J connectivity index is 1.50. The minimum atomic E-state index is -0.879. The van der Waals surface area contributed by atoms with Gasteiger partial charge in [0.25, 0.3) is 5.91 Å². The Morgan fingerprint density at radius 2 is 2.03 bits per heavy atom. The Hall–Kier alpha value is -2.57. The molecule has 0 aromatic heterocycles. The molecule has 168 valence electrons. The normalized spacial score (nSPS) is 30.1. The molecule has 3 atom stereocenters. The van der Waals surface area contributed by atoms with E-state index in [1.807, 2.05) is 24.3 Å². The zero-order valence-corrected chi connectivity index (χ0v) is 18.9. The van der Waals surface area contributed by atoms with Crippen LogP contribution in [0.5, 0.6) is 5.75 Å². The number of carbonyl (C=O) groups is 3. The van der Waals surface area contributed by atoms with Gasteiger partial charge in [-0.25, -0.2) is 4.79 Å². The van der Waals surface area contributed by atoms with Gasteiger partial charge in [0.05, 0.1) is 13.2 Å². The molecular weight excluding hydrogens is 394 g/mol. The second-order valence-corrected chi connectivity index (χ2v) is 10.3. The summed E-state index contributed by atoms with van der Waals surface area (Å²) < 4.78 is 5.33. The maximum Gasteiger partial charge on any atom is 0.325 e. The summed E-state index contributed by atoms with van der Waals surface area (Å²) >= 11 is 0. The van der Waals surface area contributed by atoms with Crippen molar-refractivity contribution in [3.05, 3.63) is 29.8 Å². The monoisotopic (exact) mass is 427 g/mol. The highest BCUT2D eigenvalue weighted by Gasteiger charge is 2.56. The van der Waals surface area contributed by atoms with Gasteiger partial charge in [0.1, 0.15) is 17.8 Å². The fourth-order valence-electron chi connectivity index (χ4n) is 6.14. The highest BCUT2D eigenvalue weighted by molar-refractivity contribution is 6.09. The van der Waals surface area contributed by atoms with Crippen molar-refractivity contribution in [2.45, 2.75) is 64.5 Å². The van der Waals surface area contributed by atoms with Crippen molar-refractivity contribution in [3.8, 4) is 5.75 Å². The van der Waals surface area contributed by atoms with Crippen molar-refractivity contribution < 1.29 is 19.1 Å². The number of amides is 4. The Morgan fingerprint density at radius 1 is 1.26 bits per heavy atom. The van der Waals surface area contributed by atoms with Gasteiger partial charge in [-0.15, -0.1) is 0 Å². The quantitative estimate of drug-likeness (QED) is 0.746. The third kappa shape index (κ3) is 4.02. The number of hydrogen-bond donors (Lipinski definition) is 1. The number of nitrogens with zero attached hydrogens (tertiary/aromatic N) is 2. The first kappa shape index (κ1) is 21.7. The molecule has 2 aliphatic heterocycles. The van der Waals surface area contributed by atoms with E-state index < -0.39 is 11.6 Å². The van der Waals surface area contributed by atoms with Crippen molar-refractivity contribution in [3.63, 3.8) is 0 Å². The lowest BCUT2D eigenvalue weighted by molar-refractivity contribution is -0.141. The fourth-order valence-corrected chi connectivity index (χ4v) is 6.14. The topological polar surface area (TPSA) is 79.0 Å². The van der Waals surface area contributed by atoms with Crippen molar-refractivity contribution in [1.82, 2.24) is 15.1 Å². The molecule has 3 fully saturated rings. The number of likely N-dealkylation sites (tertiary alicyclic amines) is 1. The maximum atomic E-state index is 13.4. The van der Waals surface area contributed by atoms with E-state index in [0.717, 1.165) is 35.5 Å². The predicted octanol–water partition coefficient (Wildman–Crippen LogP) is 3.50. The molecule has 1 aliphatic carbocycles. The number of rotatable bonds is 4. The molecule has 2 heterocycles. The van der Waals surface area contributed by atoms with Gasteiger partial charge >= 0.3 is 6.03 Å². The van der Waals surface area contributed by atoms with E-state index in [-0.39, 0.29) is 29.8 Å². The average molecular weight is 428 g/mol. The van der Waals surface area contributed by atoms with Crippen LogP contribution in [0, 0.1) is 11.3 Å². The smallest absolute Gasteiger partial charge is 0.325 e. The number of urea groups is 1. The zero-order valence-electron chi connectivity index (χ0n) is 18.9. The van der Waals surface area contributed by atoms with Gasteiger partial charge < -0.3 is 15.0 Å². The average Bonchev–Trinajstić information content (AvgIpc) is 3.26. The fraction of sp³-hybridized carbons (Fsp3) is 0.625. The summed E-state index contributed by atoms with van der Waals surface area (Å²) in [5, 5.41) is 2.96. The summed E-state index contributed by atoms with van der Waals surface area (Å²) in [5.41, 5.74) is 0.102. The van der Waals surface area contributed by atoms with E-state index in [1.165, 1.54) is 0 Å². The van der Waals surface area contributed by atoms with Crippen LogP contribution < -0.4 is 10.1 Å². The SMILES string of the molecule is COc1cccc(C2CCCN2C(=O)CN2C(=O)NC3(CC(C)CC(C)(C)C3)C2=O)c1. The molecule has 0 bridgehead atoms. The van der Waals surface area contributed by atoms with Crippen LogP contribution in [0.25, 0.3) is 0 Å². The maximum absolute atomic E-state index is 13.4. The highest BCUT2D eigenvalue weighted by atomic mass is 16.5. The molecule has 4 amide bonds. The van der Waals surface area contributed by atoms with Crippen LogP contribution in [0.15, 0.2) is 24.3 Å². The van der Waals surface area contributed by atoms with Gasteiger partial charge in [0, 0.05) is 6.54 Å². The number of nitrogens with one attached hydrogen (secondary N) is 1. The van der Waals surface area contributed by atoms with E-state index in [0.29, 0.717) is 25.3 Å². The molecule has 7 heteroatoms. The number of imide groups is 1. The Kier molecular flexibility index (Phi) is 5.48. The van der Waals surface area contributed by atoms with Crippen LogP contribution in [-0.4, -0.2) is 53.4 Å². The standard InChI is InChI=1S/C24H33N3O4/c1-16-12-23(2,3)15-24(13-16)21(29)27(22(30)25-24)14-20(28)26-10-6-9-19(26)17-7-5-8-18(11-17)31-4/h5,7-8,11,16,19H,6,9-10,12-15H2,1-4H3,(H,25,30). The van der Waals surface area contributed by atoms with E-state index in [9.17, 15) is 14.4 Å². The summed E-state index contributed by atoms with van der Waals surface area (Å²) in [5.74, 6) is 0.651. The first-order valence-corrected chi connectivity index (χ1v) is 11.2. The van der Waals surface area contributed by atoms with Crippen LogP contribution in [0.4, 0.5) is 4.79 Å². The van der Waals surface area contributed by atoms with Crippen molar-refractivity contribution >= 4 is 17.8 Å². The summed E-state index contributed by atoms with van der Waals surface area (Å²) in [7, 11) is 1.62. The van der Waals surface area contributed by atoms with Crippen LogP contribution in [-0.2, 0) is 9.59 Å². The van der Waals surface area contributed by atoms with Gasteiger partial charge in [-0.05, 0) is 61.1 Å². The molecule has 1 saturated carbocycles. The third-order valence-electron chi connectivity index (χ3n) is 6.97. The van der Waals surface area contributed by atoms with E-state index in [4.69, 9.17) is 4.74 Å². The predicted molar refractivity (Wildman–Crippen MR) is 116 cm³/mol. The number of methoxy groups -OCH3 is 1. The highest BCUT2D eigenvalue weighted by Crippen LogP contribution is 2.46. The number of hydrogen-bond acceptors (Lipinski definition) is 4. The molecule has 3 unspecified atom stereocenters. The zero-order chi connectivity index (χ0) is 22.4. The van der Waals surface area contributed by atoms with Gasteiger partial charge in [-0.1, -0.05) is 32.9 Å². The molecule has 4 rings (SSSR count). The van der Waals surface area contributed by atoms with E-state index in [2.05, 4.69) is 26.1 Å². The third-order valence-corrected chi connectivity index (χ3v) is 6.97. The summed E-state index contributed by atoms with van der Waals surface area (Å²) in [6.45, 7) is 6.82. The van der Waals surface area contributed by atoms with E-state index in [1.54, 1.807) is 12.0 Å². The van der Waals surface area contributed by atoms with Crippen LogP contribution in [0.2, 0.25) is 0 Å². The number of benzene rings is 1. The first-order chi connectivity index (χ1) is 14.6.